The van der Waals surface area contributed by atoms with Gasteiger partial charge in [-0.2, -0.15) is 0 Å². The summed E-state index contributed by atoms with van der Waals surface area (Å²) >= 11 is 2.16. The second kappa shape index (κ2) is 5.80. The van der Waals surface area contributed by atoms with E-state index < -0.39 is 0 Å². The number of nitrogens with zero attached hydrogens (tertiary/aromatic N) is 1. The third-order valence-electron chi connectivity index (χ3n) is 3.28. The van der Waals surface area contributed by atoms with Crippen LogP contribution in [0.2, 0.25) is 0 Å². The van der Waals surface area contributed by atoms with E-state index in [4.69, 9.17) is 5.73 Å². The predicted octanol–water partition coefficient (Wildman–Crippen LogP) is 2.57. The van der Waals surface area contributed by atoms with Gasteiger partial charge in [-0.15, -0.1) is 0 Å². The van der Waals surface area contributed by atoms with E-state index in [0.29, 0.717) is 10.9 Å². The van der Waals surface area contributed by atoms with E-state index in [9.17, 15) is 9.59 Å². The molecule has 0 atom stereocenters. The summed E-state index contributed by atoms with van der Waals surface area (Å²) in [5.41, 5.74) is 8.54. The number of nitrogens with one attached hydrogen (secondary N) is 1. The van der Waals surface area contributed by atoms with E-state index in [1.807, 2.05) is 18.2 Å². The van der Waals surface area contributed by atoms with Crippen molar-refractivity contribution < 1.29 is 4.79 Å². The molecule has 110 valence electrons. The standard InChI is InChI=1S/C16H12IN3O2/c17-12-7-5-10(6-8-12)15(21)19-20-14(18)9-11-3-1-2-4-13(11)16(20)22/h1-9H,18H2,(H,19,21). The van der Waals surface area contributed by atoms with Crippen molar-refractivity contribution in [2.24, 2.45) is 0 Å². The van der Waals surface area contributed by atoms with Gasteiger partial charge in [-0.1, -0.05) is 18.2 Å². The maximum absolute atomic E-state index is 12.4. The number of aromatic nitrogens is 1. The summed E-state index contributed by atoms with van der Waals surface area (Å²) < 4.78 is 2.10. The molecular formula is C16H12IN3O2. The minimum atomic E-state index is -0.388. The van der Waals surface area contributed by atoms with Crippen LogP contribution in [0.25, 0.3) is 10.8 Å². The number of benzene rings is 2. The number of carbonyl (C=O) groups excluding carboxylic acids is 1. The maximum atomic E-state index is 12.4. The van der Waals surface area contributed by atoms with Crippen LogP contribution in [0.3, 0.4) is 0 Å². The highest BCUT2D eigenvalue weighted by Crippen LogP contribution is 2.13. The van der Waals surface area contributed by atoms with Gasteiger partial charge in [0.05, 0.1) is 0 Å². The summed E-state index contributed by atoms with van der Waals surface area (Å²) in [6, 6.07) is 15.8. The van der Waals surface area contributed by atoms with Crippen LogP contribution in [0, 0.1) is 3.57 Å². The Balaban J connectivity index is 2.02. The van der Waals surface area contributed by atoms with Crippen LogP contribution in [0.15, 0.2) is 59.4 Å². The van der Waals surface area contributed by atoms with Crippen molar-refractivity contribution in [3.05, 3.63) is 74.1 Å². The van der Waals surface area contributed by atoms with Crippen molar-refractivity contribution in [3.8, 4) is 0 Å². The Morgan fingerprint density at radius 1 is 1.09 bits per heavy atom. The largest absolute Gasteiger partial charge is 0.384 e. The van der Waals surface area contributed by atoms with Gasteiger partial charge >= 0.3 is 0 Å². The van der Waals surface area contributed by atoms with Crippen molar-refractivity contribution in [2.45, 2.75) is 0 Å². The molecule has 1 aromatic heterocycles. The molecule has 0 spiro atoms. The molecule has 0 aliphatic heterocycles. The average molecular weight is 405 g/mol. The third kappa shape index (κ3) is 2.69. The molecule has 0 fully saturated rings. The minimum absolute atomic E-state index is 0.183. The van der Waals surface area contributed by atoms with Crippen molar-refractivity contribution in [1.29, 1.82) is 0 Å². The molecule has 6 heteroatoms. The smallest absolute Gasteiger partial charge is 0.278 e. The zero-order chi connectivity index (χ0) is 15.7. The molecule has 0 bridgehead atoms. The first-order valence-electron chi connectivity index (χ1n) is 6.53. The number of anilines is 1. The number of hydrogen-bond acceptors (Lipinski definition) is 3. The monoisotopic (exact) mass is 405 g/mol. The molecule has 0 unspecified atom stereocenters. The second-order valence-corrected chi connectivity index (χ2v) is 5.99. The van der Waals surface area contributed by atoms with Gasteiger partial charge in [0.1, 0.15) is 5.82 Å². The van der Waals surface area contributed by atoms with Crippen LogP contribution in [-0.2, 0) is 0 Å². The van der Waals surface area contributed by atoms with Crippen molar-refractivity contribution in [2.75, 3.05) is 11.2 Å². The highest BCUT2D eigenvalue weighted by atomic mass is 127. The van der Waals surface area contributed by atoms with Crippen LogP contribution in [0.5, 0.6) is 0 Å². The van der Waals surface area contributed by atoms with Gasteiger partial charge in [0.15, 0.2) is 0 Å². The molecular weight excluding hydrogens is 393 g/mol. The minimum Gasteiger partial charge on any atom is -0.384 e. The Hall–Kier alpha value is -2.35. The molecule has 22 heavy (non-hydrogen) atoms. The van der Waals surface area contributed by atoms with Crippen LogP contribution >= 0.6 is 22.6 Å². The zero-order valence-corrected chi connectivity index (χ0v) is 13.6. The molecule has 3 rings (SSSR count). The number of nitrogens with two attached hydrogens (primary N) is 1. The summed E-state index contributed by atoms with van der Waals surface area (Å²) in [5, 5.41) is 1.24. The Kier molecular flexibility index (Phi) is 3.84. The molecule has 5 nitrogen and oxygen atoms in total. The Labute approximate surface area is 139 Å². The fourth-order valence-corrected chi connectivity index (χ4v) is 2.52. The highest BCUT2D eigenvalue weighted by molar-refractivity contribution is 14.1. The fourth-order valence-electron chi connectivity index (χ4n) is 2.16. The summed E-state index contributed by atoms with van der Waals surface area (Å²) in [4.78, 5) is 24.7. The van der Waals surface area contributed by atoms with E-state index in [1.165, 1.54) is 0 Å². The first-order valence-corrected chi connectivity index (χ1v) is 7.61. The number of rotatable bonds is 2. The van der Waals surface area contributed by atoms with Crippen molar-refractivity contribution in [3.63, 3.8) is 0 Å². The van der Waals surface area contributed by atoms with Gasteiger partial charge in [-0.05, 0) is 64.4 Å². The molecule has 0 radical (unpaired) electrons. The average Bonchev–Trinajstić information content (AvgIpc) is 2.52. The summed E-state index contributed by atoms with van der Waals surface area (Å²) in [5.74, 6) is -0.206. The predicted molar refractivity (Wildman–Crippen MR) is 95.5 cm³/mol. The van der Waals surface area contributed by atoms with Gasteiger partial charge in [0, 0.05) is 14.5 Å². The van der Waals surface area contributed by atoms with Crippen LogP contribution in [-0.4, -0.2) is 10.6 Å². The molecule has 0 saturated carbocycles. The molecule has 3 aromatic rings. The normalized spacial score (nSPS) is 10.6. The number of hydrogen-bond donors (Lipinski definition) is 2. The lowest BCUT2D eigenvalue weighted by Gasteiger charge is -2.12. The van der Waals surface area contributed by atoms with E-state index in [-0.39, 0.29) is 17.3 Å². The van der Waals surface area contributed by atoms with Gasteiger partial charge in [0.2, 0.25) is 0 Å². The van der Waals surface area contributed by atoms with Crippen LogP contribution in [0.4, 0.5) is 5.82 Å². The number of halogens is 1. The highest BCUT2D eigenvalue weighted by Gasteiger charge is 2.11. The molecule has 3 N–H and O–H groups in total. The molecule has 0 aliphatic carbocycles. The van der Waals surface area contributed by atoms with Gasteiger partial charge in [-0.25, -0.2) is 4.68 Å². The lowest BCUT2D eigenvalue weighted by molar-refractivity contribution is 0.101. The van der Waals surface area contributed by atoms with Gasteiger partial charge in [0.25, 0.3) is 11.5 Å². The lowest BCUT2D eigenvalue weighted by atomic mass is 10.2. The SMILES string of the molecule is Nc1cc2ccccc2c(=O)n1NC(=O)c1ccc(I)cc1. The Morgan fingerprint density at radius 3 is 2.50 bits per heavy atom. The molecule has 1 heterocycles. The Morgan fingerprint density at radius 2 is 1.77 bits per heavy atom. The first-order chi connectivity index (χ1) is 10.6. The summed E-state index contributed by atoms with van der Waals surface area (Å²) in [7, 11) is 0. The zero-order valence-electron chi connectivity index (χ0n) is 11.4. The number of pyridine rings is 1. The van der Waals surface area contributed by atoms with Gasteiger partial charge < -0.3 is 5.73 Å². The number of amides is 1. The van der Waals surface area contributed by atoms with E-state index in [0.717, 1.165) is 13.6 Å². The summed E-state index contributed by atoms with van der Waals surface area (Å²) in [6.07, 6.45) is 0. The quantitative estimate of drug-likeness (QED) is 0.644. The van der Waals surface area contributed by atoms with Gasteiger partial charge in [-0.3, -0.25) is 15.0 Å². The molecule has 0 aliphatic rings. The Bertz CT molecular complexity index is 917. The lowest BCUT2D eigenvalue weighted by Crippen LogP contribution is -2.34. The third-order valence-corrected chi connectivity index (χ3v) is 3.99. The van der Waals surface area contributed by atoms with E-state index >= 15 is 0 Å². The summed E-state index contributed by atoms with van der Waals surface area (Å²) in [6.45, 7) is 0. The first kappa shape index (κ1) is 14.6. The fraction of sp³-hybridized carbons (Fsp3) is 0. The number of nitrogen functional groups attached to an aromatic ring is 1. The maximum Gasteiger partial charge on any atom is 0.278 e. The van der Waals surface area contributed by atoms with Crippen LogP contribution < -0.4 is 16.7 Å². The van der Waals surface area contributed by atoms with E-state index in [1.54, 1.807) is 36.4 Å². The molecule has 2 aromatic carbocycles. The topological polar surface area (TPSA) is 77.1 Å². The van der Waals surface area contributed by atoms with Crippen molar-refractivity contribution >= 4 is 45.1 Å². The van der Waals surface area contributed by atoms with E-state index in [2.05, 4.69) is 28.0 Å². The number of carbonyl (C=O) groups is 1. The number of fused-ring (bicyclic) bond motifs is 1. The van der Waals surface area contributed by atoms with Crippen molar-refractivity contribution in [1.82, 2.24) is 4.68 Å². The van der Waals surface area contributed by atoms with Crippen LogP contribution in [0.1, 0.15) is 10.4 Å². The molecule has 1 amide bonds. The molecule has 0 saturated heterocycles. The second-order valence-electron chi connectivity index (χ2n) is 4.74.